The molecule has 13 heavy (non-hydrogen) atoms. The second-order valence-electron chi connectivity index (χ2n) is 4.39. The second-order valence-corrected chi connectivity index (χ2v) is 4.39. The Morgan fingerprint density at radius 1 is 1.23 bits per heavy atom. The highest BCUT2D eigenvalue weighted by Gasteiger charge is 2.19. The molecule has 0 aliphatic carbocycles. The zero-order chi connectivity index (χ0) is 9.73. The van der Waals surface area contributed by atoms with Gasteiger partial charge in [-0.05, 0) is 33.6 Å². The molecule has 1 fully saturated rings. The van der Waals surface area contributed by atoms with Gasteiger partial charge in [0, 0.05) is 6.61 Å². The van der Waals surface area contributed by atoms with Crippen molar-refractivity contribution in [1.82, 2.24) is 0 Å². The summed E-state index contributed by atoms with van der Waals surface area (Å²) in [5, 5.41) is 0. The van der Waals surface area contributed by atoms with Crippen LogP contribution in [0.1, 0.15) is 33.6 Å². The van der Waals surface area contributed by atoms with E-state index in [-0.39, 0.29) is 11.7 Å². The Balaban J connectivity index is 2.29. The van der Waals surface area contributed by atoms with Crippen LogP contribution in [-0.2, 0) is 14.2 Å². The fraction of sp³-hybridized carbons (Fsp3) is 1.00. The lowest BCUT2D eigenvalue weighted by atomic mass is 10.1. The van der Waals surface area contributed by atoms with Gasteiger partial charge in [-0.2, -0.15) is 0 Å². The average molecular weight is 188 g/mol. The summed E-state index contributed by atoms with van der Waals surface area (Å²) in [6, 6.07) is 0. The van der Waals surface area contributed by atoms with Crippen LogP contribution in [0.25, 0.3) is 0 Å². The largest absolute Gasteiger partial charge is 0.370 e. The third-order valence-corrected chi connectivity index (χ3v) is 1.81. The molecule has 0 saturated carbocycles. The van der Waals surface area contributed by atoms with Crippen LogP contribution < -0.4 is 0 Å². The van der Waals surface area contributed by atoms with E-state index in [2.05, 4.69) is 20.8 Å². The normalized spacial score (nSPS) is 26.5. The van der Waals surface area contributed by atoms with Crippen molar-refractivity contribution in [3.05, 3.63) is 0 Å². The van der Waals surface area contributed by atoms with Gasteiger partial charge in [0.2, 0.25) is 0 Å². The summed E-state index contributed by atoms with van der Waals surface area (Å²) in [5.74, 6) is 0. The molecule has 0 bridgehead atoms. The maximum atomic E-state index is 5.83. The van der Waals surface area contributed by atoms with E-state index in [1.165, 1.54) is 0 Å². The van der Waals surface area contributed by atoms with Crippen LogP contribution >= 0.6 is 0 Å². The zero-order valence-electron chi connectivity index (χ0n) is 8.84. The molecular weight excluding hydrogens is 168 g/mol. The Bertz CT molecular complexity index is 132. The van der Waals surface area contributed by atoms with Gasteiger partial charge < -0.3 is 14.2 Å². The third-order valence-electron chi connectivity index (χ3n) is 1.81. The van der Waals surface area contributed by atoms with E-state index in [1.54, 1.807) is 0 Å². The summed E-state index contributed by atoms with van der Waals surface area (Å²) in [6.07, 6.45) is 2.31. The Morgan fingerprint density at radius 2 is 2.00 bits per heavy atom. The van der Waals surface area contributed by atoms with Crippen molar-refractivity contribution in [2.45, 2.75) is 45.3 Å². The molecule has 0 aromatic carbocycles. The van der Waals surface area contributed by atoms with Gasteiger partial charge >= 0.3 is 0 Å². The lowest BCUT2D eigenvalue weighted by Crippen LogP contribution is -2.32. The number of rotatable bonds is 1. The molecule has 1 aliphatic rings. The summed E-state index contributed by atoms with van der Waals surface area (Å²) in [5.41, 5.74) is -0.0753. The molecule has 1 heterocycles. The SMILES string of the molecule is CC(C)(C)OC1CCCOCOC1. The molecule has 0 amide bonds. The monoisotopic (exact) mass is 188 g/mol. The molecular formula is C10H20O3. The van der Waals surface area contributed by atoms with Gasteiger partial charge in [-0.3, -0.25) is 0 Å². The molecule has 0 aromatic heterocycles. The molecule has 1 saturated heterocycles. The summed E-state index contributed by atoms with van der Waals surface area (Å²) in [6.45, 7) is 8.05. The van der Waals surface area contributed by atoms with E-state index in [9.17, 15) is 0 Å². The molecule has 0 N–H and O–H groups in total. The van der Waals surface area contributed by atoms with Crippen molar-refractivity contribution < 1.29 is 14.2 Å². The zero-order valence-corrected chi connectivity index (χ0v) is 8.84. The molecule has 1 rings (SSSR count). The first-order valence-corrected chi connectivity index (χ1v) is 4.91. The molecule has 1 unspecified atom stereocenters. The highest BCUT2D eigenvalue weighted by atomic mass is 16.7. The van der Waals surface area contributed by atoms with Crippen LogP contribution in [0.3, 0.4) is 0 Å². The lowest BCUT2D eigenvalue weighted by Gasteiger charge is -2.28. The van der Waals surface area contributed by atoms with Gasteiger partial charge in [-0.15, -0.1) is 0 Å². The van der Waals surface area contributed by atoms with Crippen LogP contribution in [0.15, 0.2) is 0 Å². The van der Waals surface area contributed by atoms with Crippen LogP contribution in [0.4, 0.5) is 0 Å². The quantitative estimate of drug-likeness (QED) is 0.629. The summed E-state index contributed by atoms with van der Waals surface area (Å²) in [7, 11) is 0. The highest BCUT2D eigenvalue weighted by molar-refractivity contribution is 4.66. The first-order valence-electron chi connectivity index (χ1n) is 4.91. The van der Waals surface area contributed by atoms with E-state index in [4.69, 9.17) is 14.2 Å². The van der Waals surface area contributed by atoms with Crippen LogP contribution in [-0.4, -0.2) is 31.7 Å². The van der Waals surface area contributed by atoms with Crippen molar-refractivity contribution in [3.63, 3.8) is 0 Å². The van der Waals surface area contributed by atoms with E-state index < -0.39 is 0 Å². The Kier molecular flexibility index (Phi) is 4.16. The van der Waals surface area contributed by atoms with Crippen molar-refractivity contribution in [1.29, 1.82) is 0 Å². The van der Waals surface area contributed by atoms with Crippen LogP contribution in [0.2, 0.25) is 0 Å². The minimum atomic E-state index is -0.0753. The maximum Gasteiger partial charge on any atom is 0.146 e. The summed E-state index contributed by atoms with van der Waals surface area (Å²) in [4.78, 5) is 0. The van der Waals surface area contributed by atoms with Gasteiger partial charge in [-0.25, -0.2) is 0 Å². The third kappa shape index (κ3) is 5.24. The molecule has 3 nitrogen and oxygen atoms in total. The van der Waals surface area contributed by atoms with Crippen molar-refractivity contribution in [2.75, 3.05) is 20.0 Å². The standard InChI is InChI=1S/C10H20O3/c1-10(2,3)13-9-5-4-6-11-8-12-7-9/h9H,4-8H2,1-3H3. The minimum absolute atomic E-state index is 0.0753. The first-order chi connectivity index (χ1) is 6.08. The van der Waals surface area contributed by atoms with E-state index in [0.29, 0.717) is 13.4 Å². The predicted molar refractivity (Wildman–Crippen MR) is 50.6 cm³/mol. The smallest absolute Gasteiger partial charge is 0.146 e. The minimum Gasteiger partial charge on any atom is -0.370 e. The molecule has 1 aliphatic heterocycles. The fourth-order valence-electron chi connectivity index (χ4n) is 1.39. The highest BCUT2D eigenvalue weighted by Crippen LogP contribution is 2.15. The molecule has 0 aromatic rings. The second kappa shape index (κ2) is 4.94. The van der Waals surface area contributed by atoms with Crippen molar-refractivity contribution in [3.8, 4) is 0 Å². The van der Waals surface area contributed by atoms with E-state index in [0.717, 1.165) is 19.4 Å². The number of hydrogen-bond donors (Lipinski definition) is 0. The Morgan fingerprint density at radius 3 is 2.69 bits per heavy atom. The lowest BCUT2D eigenvalue weighted by molar-refractivity contribution is -0.143. The summed E-state index contributed by atoms with van der Waals surface area (Å²) >= 11 is 0. The van der Waals surface area contributed by atoms with Gasteiger partial charge in [0.05, 0.1) is 18.3 Å². The van der Waals surface area contributed by atoms with Gasteiger partial charge in [0.1, 0.15) is 6.79 Å². The summed E-state index contributed by atoms with van der Waals surface area (Å²) < 4.78 is 16.3. The molecule has 1 atom stereocenters. The van der Waals surface area contributed by atoms with Gasteiger partial charge in [-0.1, -0.05) is 0 Å². The van der Waals surface area contributed by atoms with Crippen molar-refractivity contribution in [2.24, 2.45) is 0 Å². The Labute approximate surface area is 80.4 Å². The Hall–Kier alpha value is -0.120. The fourth-order valence-corrected chi connectivity index (χ4v) is 1.39. The maximum absolute atomic E-state index is 5.83. The van der Waals surface area contributed by atoms with Crippen molar-refractivity contribution >= 4 is 0 Å². The van der Waals surface area contributed by atoms with E-state index >= 15 is 0 Å². The molecule has 0 spiro atoms. The topological polar surface area (TPSA) is 27.7 Å². The van der Waals surface area contributed by atoms with Gasteiger partial charge in [0.25, 0.3) is 0 Å². The molecule has 78 valence electrons. The average Bonchev–Trinajstić information content (AvgIpc) is 1.92. The molecule has 3 heteroatoms. The van der Waals surface area contributed by atoms with E-state index in [1.807, 2.05) is 0 Å². The first kappa shape index (κ1) is 11.0. The molecule has 0 radical (unpaired) electrons. The number of ether oxygens (including phenoxy) is 3. The number of hydrogen-bond acceptors (Lipinski definition) is 3. The van der Waals surface area contributed by atoms with Crippen LogP contribution in [0.5, 0.6) is 0 Å². The van der Waals surface area contributed by atoms with Gasteiger partial charge in [0.15, 0.2) is 0 Å². The van der Waals surface area contributed by atoms with Crippen LogP contribution in [0, 0.1) is 0 Å². The predicted octanol–water partition coefficient (Wildman–Crippen LogP) is 1.95.